The van der Waals surface area contributed by atoms with Crippen LogP contribution in [0.15, 0.2) is 23.4 Å². The molecule has 18 heavy (non-hydrogen) atoms. The van der Waals surface area contributed by atoms with Crippen molar-refractivity contribution in [3.8, 4) is 0 Å². The van der Waals surface area contributed by atoms with E-state index in [2.05, 4.69) is 10.3 Å². The molecule has 0 aliphatic heterocycles. The lowest BCUT2D eigenvalue weighted by atomic mass is 9.89. The van der Waals surface area contributed by atoms with Gasteiger partial charge in [-0.2, -0.15) is 0 Å². The molecule has 2 nitrogen and oxygen atoms in total. The van der Waals surface area contributed by atoms with E-state index in [0.717, 1.165) is 28.3 Å². The Balaban J connectivity index is 1.57. The van der Waals surface area contributed by atoms with Gasteiger partial charge in [-0.05, 0) is 37.4 Å². The summed E-state index contributed by atoms with van der Waals surface area (Å²) in [6.07, 6.45) is 8.89. The van der Waals surface area contributed by atoms with Gasteiger partial charge in [0.2, 0.25) is 0 Å². The Morgan fingerprint density at radius 1 is 1.33 bits per heavy atom. The van der Waals surface area contributed by atoms with E-state index in [0.29, 0.717) is 0 Å². The number of halogens is 1. The predicted molar refractivity (Wildman–Crippen MR) is 79.4 cm³/mol. The lowest BCUT2D eigenvalue weighted by Crippen LogP contribution is -2.26. The van der Waals surface area contributed by atoms with Crippen molar-refractivity contribution in [3.05, 3.63) is 23.4 Å². The van der Waals surface area contributed by atoms with Gasteiger partial charge in [0.25, 0.3) is 0 Å². The monoisotopic (exact) mass is 284 g/mol. The first-order valence-corrected chi connectivity index (χ1v) is 8.16. The second-order valence-corrected chi connectivity index (χ2v) is 6.34. The third-order valence-electron chi connectivity index (χ3n) is 3.40. The van der Waals surface area contributed by atoms with Crippen molar-refractivity contribution in [2.24, 2.45) is 5.92 Å². The topological polar surface area (TPSA) is 24.9 Å². The van der Waals surface area contributed by atoms with E-state index in [1.165, 1.54) is 38.6 Å². The molecule has 0 amide bonds. The Kier molecular flexibility index (Phi) is 6.32. The summed E-state index contributed by atoms with van der Waals surface area (Å²) in [5, 5.41) is 5.26. The maximum Gasteiger partial charge on any atom is 0.115 e. The van der Waals surface area contributed by atoms with E-state index in [1.807, 2.05) is 12.1 Å². The van der Waals surface area contributed by atoms with Crippen molar-refractivity contribution in [3.63, 3.8) is 0 Å². The van der Waals surface area contributed by atoms with Crippen molar-refractivity contribution in [1.82, 2.24) is 10.3 Å². The number of thioether (sulfide) groups is 1. The first kappa shape index (κ1) is 14.2. The summed E-state index contributed by atoms with van der Waals surface area (Å²) >= 11 is 7.78. The van der Waals surface area contributed by atoms with Gasteiger partial charge in [-0.15, -0.1) is 11.8 Å². The predicted octanol–water partition coefficient (Wildman–Crippen LogP) is 4.00. The molecular weight excluding hydrogens is 264 g/mol. The van der Waals surface area contributed by atoms with Crippen LogP contribution in [0.4, 0.5) is 0 Å². The molecule has 0 saturated heterocycles. The highest BCUT2D eigenvalue weighted by Crippen LogP contribution is 2.24. The van der Waals surface area contributed by atoms with E-state index >= 15 is 0 Å². The highest BCUT2D eigenvalue weighted by molar-refractivity contribution is 7.99. The Morgan fingerprint density at radius 2 is 2.17 bits per heavy atom. The van der Waals surface area contributed by atoms with E-state index in [1.54, 1.807) is 18.0 Å². The van der Waals surface area contributed by atoms with Gasteiger partial charge in [0, 0.05) is 18.5 Å². The molecule has 1 aromatic rings. The molecule has 1 saturated carbocycles. The molecule has 1 aliphatic carbocycles. The summed E-state index contributed by atoms with van der Waals surface area (Å²) in [5.74, 6) is 1.94. The molecule has 1 fully saturated rings. The van der Waals surface area contributed by atoms with Gasteiger partial charge >= 0.3 is 0 Å². The molecule has 0 atom stereocenters. The second-order valence-electron chi connectivity index (χ2n) is 4.85. The molecule has 4 heteroatoms. The van der Waals surface area contributed by atoms with Crippen LogP contribution in [0, 0.1) is 5.92 Å². The second kappa shape index (κ2) is 8.03. The number of rotatable bonds is 6. The van der Waals surface area contributed by atoms with Gasteiger partial charge in [-0.3, -0.25) is 0 Å². The third kappa shape index (κ3) is 4.79. The normalized spacial score (nSPS) is 16.9. The summed E-state index contributed by atoms with van der Waals surface area (Å²) in [4.78, 5) is 4.27. The Labute approximate surface area is 119 Å². The number of nitrogens with zero attached hydrogens (tertiary/aromatic N) is 1. The molecule has 100 valence electrons. The zero-order chi connectivity index (χ0) is 12.6. The minimum absolute atomic E-state index is 0.759. The lowest BCUT2D eigenvalue weighted by molar-refractivity contribution is 0.345. The zero-order valence-corrected chi connectivity index (χ0v) is 12.3. The number of hydrogen-bond donors (Lipinski definition) is 1. The van der Waals surface area contributed by atoms with Gasteiger partial charge in [0.1, 0.15) is 5.03 Å². The maximum atomic E-state index is 6.06. The average molecular weight is 285 g/mol. The SMILES string of the molecule is Clc1cccnc1SCCNCC1CCCCC1. The summed E-state index contributed by atoms with van der Waals surface area (Å²) in [6, 6.07) is 3.76. The molecule has 0 spiro atoms. The lowest BCUT2D eigenvalue weighted by Gasteiger charge is -2.21. The molecule has 2 rings (SSSR count). The van der Waals surface area contributed by atoms with Crippen molar-refractivity contribution in [1.29, 1.82) is 0 Å². The molecule has 1 N–H and O–H groups in total. The fraction of sp³-hybridized carbons (Fsp3) is 0.643. The van der Waals surface area contributed by atoms with Gasteiger partial charge in [-0.25, -0.2) is 4.98 Å². The van der Waals surface area contributed by atoms with Crippen LogP contribution in [0.3, 0.4) is 0 Å². The van der Waals surface area contributed by atoms with Crippen molar-refractivity contribution < 1.29 is 0 Å². The Bertz CT molecular complexity index is 353. The van der Waals surface area contributed by atoms with Gasteiger partial charge < -0.3 is 5.32 Å². The average Bonchev–Trinajstić information content (AvgIpc) is 2.42. The molecule has 1 aliphatic rings. The number of aromatic nitrogens is 1. The van der Waals surface area contributed by atoms with E-state index < -0.39 is 0 Å². The van der Waals surface area contributed by atoms with Gasteiger partial charge in [0.15, 0.2) is 0 Å². The van der Waals surface area contributed by atoms with Crippen molar-refractivity contribution >= 4 is 23.4 Å². The van der Waals surface area contributed by atoms with Crippen LogP contribution in [0.25, 0.3) is 0 Å². The summed E-state index contributed by atoms with van der Waals surface area (Å²) < 4.78 is 0. The zero-order valence-electron chi connectivity index (χ0n) is 10.7. The first-order chi connectivity index (χ1) is 8.86. The first-order valence-electron chi connectivity index (χ1n) is 6.80. The molecule has 0 radical (unpaired) electrons. The minimum Gasteiger partial charge on any atom is -0.316 e. The third-order valence-corrected chi connectivity index (χ3v) is 4.82. The minimum atomic E-state index is 0.759. The van der Waals surface area contributed by atoms with Crippen LogP contribution in [0.2, 0.25) is 5.02 Å². The van der Waals surface area contributed by atoms with Crippen molar-refractivity contribution in [2.45, 2.75) is 37.1 Å². The molecule has 0 unspecified atom stereocenters. The van der Waals surface area contributed by atoms with Crippen LogP contribution in [-0.2, 0) is 0 Å². The largest absolute Gasteiger partial charge is 0.316 e. The quantitative estimate of drug-likeness (QED) is 0.631. The highest BCUT2D eigenvalue weighted by atomic mass is 35.5. The fourth-order valence-electron chi connectivity index (χ4n) is 2.39. The summed E-state index contributed by atoms with van der Waals surface area (Å²) in [5.41, 5.74) is 0. The highest BCUT2D eigenvalue weighted by Gasteiger charge is 2.12. The van der Waals surface area contributed by atoms with Crippen LogP contribution >= 0.6 is 23.4 Å². The fourth-order valence-corrected chi connectivity index (χ4v) is 3.46. The van der Waals surface area contributed by atoms with Crippen molar-refractivity contribution in [2.75, 3.05) is 18.8 Å². The standard InChI is InChI=1S/C14H21ClN2S/c15-13-7-4-8-17-14(13)18-10-9-16-11-12-5-2-1-3-6-12/h4,7-8,12,16H,1-3,5-6,9-11H2. The van der Waals surface area contributed by atoms with Crippen LogP contribution in [0.1, 0.15) is 32.1 Å². The van der Waals surface area contributed by atoms with Crippen LogP contribution in [0.5, 0.6) is 0 Å². The molecule has 0 aromatic carbocycles. The molecular formula is C14H21ClN2S. The maximum absolute atomic E-state index is 6.06. The van der Waals surface area contributed by atoms with Crippen LogP contribution < -0.4 is 5.32 Å². The Morgan fingerprint density at radius 3 is 2.94 bits per heavy atom. The Hall–Kier alpha value is -0.250. The smallest absolute Gasteiger partial charge is 0.115 e. The van der Waals surface area contributed by atoms with Gasteiger partial charge in [-0.1, -0.05) is 30.9 Å². The van der Waals surface area contributed by atoms with Crippen LogP contribution in [-0.4, -0.2) is 23.8 Å². The number of hydrogen-bond acceptors (Lipinski definition) is 3. The summed E-state index contributed by atoms with van der Waals surface area (Å²) in [6.45, 7) is 2.21. The van der Waals surface area contributed by atoms with E-state index in [9.17, 15) is 0 Å². The molecule has 1 heterocycles. The number of pyridine rings is 1. The van der Waals surface area contributed by atoms with Gasteiger partial charge in [0.05, 0.1) is 5.02 Å². The molecule has 0 bridgehead atoms. The molecule has 1 aromatic heterocycles. The summed E-state index contributed by atoms with van der Waals surface area (Å²) in [7, 11) is 0. The van der Waals surface area contributed by atoms with E-state index in [4.69, 9.17) is 11.6 Å². The number of nitrogens with one attached hydrogen (secondary N) is 1. The van der Waals surface area contributed by atoms with E-state index in [-0.39, 0.29) is 0 Å².